The van der Waals surface area contributed by atoms with Crippen LogP contribution in [0, 0.1) is 0 Å². The van der Waals surface area contributed by atoms with Crippen molar-refractivity contribution in [2.45, 2.75) is 13.0 Å². The molecule has 0 saturated heterocycles. The Morgan fingerprint density at radius 1 is 1.15 bits per heavy atom. The van der Waals surface area contributed by atoms with Crippen molar-refractivity contribution in [3.05, 3.63) is 52.4 Å². The van der Waals surface area contributed by atoms with E-state index >= 15 is 0 Å². The quantitative estimate of drug-likeness (QED) is 0.729. The summed E-state index contributed by atoms with van der Waals surface area (Å²) in [5, 5.41) is 1.26. The number of aromatic amines is 1. The van der Waals surface area contributed by atoms with Gasteiger partial charge in [-0.05, 0) is 24.1 Å². The van der Waals surface area contributed by atoms with Crippen LogP contribution in [0.4, 0.5) is 0 Å². The Morgan fingerprint density at radius 2 is 1.90 bits per heavy atom. The van der Waals surface area contributed by atoms with Gasteiger partial charge in [0, 0.05) is 6.20 Å². The molecule has 1 N–H and O–H groups in total. The SMILES string of the molecule is CC(Oc1nc(Cl)nc2[nH]cc(Cl)c12)c1ccccc1. The lowest BCUT2D eigenvalue weighted by Crippen LogP contribution is -2.05. The number of halogens is 2. The average Bonchev–Trinajstić information content (AvgIpc) is 2.81. The number of hydrogen-bond acceptors (Lipinski definition) is 3. The molecule has 0 spiro atoms. The van der Waals surface area contributed by atoms with Gasteiger partial charge in [-0.15, -0.1) is 0 Å². The van der Waals surface area contributed by atoms with Crippen molar-refractivity contribution in [3.8, 4) is 5.88 Å². The first kappa shape index (κ1) is 13.2. The number of nitrogens with one attached hydrogen (secondary N) is 1. The van der Waals surface area contributed by atoms with Gasteiger partial charge in [-0.1, -0.05) is 41.9 Å². The number of ether oxygens (including phenoxy) is 1. The third-order valence-electron chi connectivity index (χ3n) is 2.98. The molecule has 102 valence electrons. The number of H-pyrrole nitrogens is 1. The summed E-state index contributed by atoms with van der Waals surface area (Å²) in [5.74, 6) is 0.377. The van der Waals surface area contributed by atoms with Crippen LogP contribution in [0.1, 0.15) is 18.6 Å². The zero-order chi connectivity index (χ0) is 14.1. The van der Waals surface area contributed by atoms with Crippen molar-refractivity contribution in [3.63, 3.8) is 0 Å². The summed E-state index contributed by atoms with van der Waals surface area (Å²) < 4.78 is 5.89. The van der Waals surface area contributed by atoms with Crippen LogP contribution in [-0.4, -0.2) is 15.0 Å². The van der Waals surface area contributed by atoms with Crippen LogP contribution in [0.5, 0.6) is 5.88 Å². The van der Waals surface area contributed by atoms with E-state index in [9.17, 15) is 0 Å². The van der Waals surface area contributed by atoms with Gasteiger partial charge in [-0.25, -0.2) is 0 Å². The van der Waals surface area contributed by atoms with Crippen LogP contribution >= 0.6 is 23.2 Å². The van der Waals surface area contributed by atoms with Gasteiger partial charge in [-0.2, -0.15) is 9.97 Å². The number of benzene rings is 1. The molecule has 0 aliphatic carbocycles. The number of hydrogen-bond donors (Lipinski definition) is 1. The highest BCUT2D eigenvalue weighted by molar-refractivity contribution is 6.36. The molecule has 0 aliphatic heterocycles. The predicted molar refractivity (Wildman–Crippen MR) is 79.4 cm³/mol. The average molecular weight is 308 g/mol. The van der Waals surface area contributed by atoms with E-state index < -0.39 is 0 Å². The molecule has 6 heteroatoms. The van der Waals surface area contributed by atoms with Crippen LogP contribution < -0.4 is 4.74 Å². The van der Waals surface area contributed by atoms with Crippen molar-refractivity contribution in [1.82, 2.24) is 15.0 Å². The Kier molecular flexibility index (Phi) is 3.51. The second kappa shape index (κ2) is 5.31. The summed E-state index contributed by atoms with van der Waals surface area (Å²) in [6.45, 7) is 1.94. The van der Waals surface area contributed by atoms with E-state index in [-0.39, 0.29) is 11.4 Å². The van der Waals surface area contributed by atoms with Gasteiger partial charge in [0.15, 0.2) is 0 Å². The lowest BCUT2D eigenvalue weighted by Gasteiger charge is -2.15. The van der Waals surface area contributed by atoms with E-state index in [4.69, 9.17) is 27.9 Å². The van der Waals surface area contributed by atoms with Crippen LogP contribution in [0.15, 0.2) is 36.5 Å². The first-order chi connectivity index (χ1) is 9.65. The fraction of sp³-hybridized carbons (Fsp3) is 0.143. The number of rotatable bonds is 3. The molecule has 3 aromatic rings. The minimum absolute atomic E-state index is 0.117. The van der Waals surface area contributed by atoms with E-state index in [1.54, 1.807) is 6.20 Å². The van der Waals surface area contributed by atoms with Crippen molar-refractivity contribution >= 4 is 34.2 Å². The molecule has 2 aromatic heterocycles. The van der Waals surface area contributed by atoms with E-state index in [1.165, 1.54) is 0 Å². The Balaban J connectivity index is 2.00. The van der Waals surface area contributed by atoms with Crippen molar-refractivity contribution in [2.24, 2.45) is 0 Å². The van der Waals surface area contributed by atoms with Crippen molar-refractivity contribution in [1.29, 1.82) is 0 Å². The van der Waals surface area contributed by atoms with E-state index in [0.717, 1.165) is 5.56 Å². The van der Waals surface area contributed by atoms with Gasteiger partial charge in [-0.3, -0.25) is 0 Å². The van der Waals surface area contributed by atoms with Crippen LogP contribution in [0.2, 0.25) is 10.3 Å². The maximum Gasteiger partial charge on any atom is 0.229 e. The lowest BCUT2D eigenvalue weighted by atomic mass is 10.1. The second-order valence-electron chi connectivity index (χ2n) is 4.33. The smallest absolute Gasteiger partial charge is 0.229 e. The molecule has 0 fully saturated rings. The molecule has 4 nitrogen and oxygen atoms in total. The molecule has 1 atom stereocenters. The molecule has 1 aromatic carbocycles. The highest BCUT2D eigenvalue weighted by Gasteiger charge is 2.16. The molecule has 20 heavy (non-hydrogen) atoms. The normalized spacial score (nSPS) is 12.6. The van der Waals surface area contributed by atoms with E-state index in [0.29, 0.717) is 21.9 Å². The fourth-order valence-corrected chi connectivity index (χ4v) is 2.37. The third-order valence-corrected chi connectivity index (χ3v) is 3.45. The Morgan fingerprint density at radius 3 is 2.65 bits per heavy atom. The Labute approximate surface area is 125 Å². The van der Waals surface area contributed by atoms with E-state index in [1.807, 2.05) is 37.3 Å². The highest BCUT2D eigenvalue weighted by atomic mass is 35.5. The summed E-state index contributed by atoms with van der Waals surface area (Å²) in [4.78, 5) is 11.1. The summed E-state index contributed by atoms with van der Waals surface area (Å²) >= 11 is 12.0. The summed E-state index contributed by atoms with van der Waals surface area (Å²) in [5.41, 5.74) is 1.60. The number of fused-ring (bicyclic) bond motifs is 1. The maximum atomic E-state index is 6.13. The summed E-state index contributed by atoms with van der Waals surface area (Å²) in [6, 6.07) is 9.85. The van der Waals surface area contributed by atoms with Crippen molar-refractivity contribution in [2.75, 3.05) is 0 Å². The first-order valence-corrected chi connectivity index (χ1v) is 6.82. The minimum atomic E-state index is -0.170. The molecule has 0 bridgehead atoms. The molecular weight excluding hydrogens is 297 g/mol. The Hall–Kier alpha value is -1.78. The molecule has 3 rings (SSSR count). The van der Waals surface area contributed by atoms with Gasteiger partial charge in [0.05, 0.1) is 10.4 Å². The number of aromatic nitrogens is 3. The first-order valence-electron chi connectivity index (χ1n) is 6.07. The van der Waals surface area contributed by atoms with Gasteiger partial charge in [0.2, 0.25) is 11.2 Å². The number of nitrogens with zero attached hydrogens (tertiary/aromatic N) is 2. The van der Waals surface area contributed by atoms with Gasteiger partial charge >= 0.3 is 0 Å². The van der Waals surface area contributed by atoms with Gasteiger partial charge in [0.1, 0.15) is 11.8 Å². The zero-order valence-corrected chi connectivity index (χ0v) is 12.1. The van der Waals surface area contributed by atoms with Crippen LogP contribution in [-0.2, 0) is 0 Å². The molecule has 1 unspecified atom stereocenters. The molecule has 0 saturated carbocycles. The predicted octanol–water partition coefficient (Wildman–Crippen LogP) is 4.40. The summed E-state index contributed by atoms with van der Waals surface area (Å²) in [7, 11) is 0. The van der Waals surface area contributed by atoms with Gasteiger partial charge < -0.3 is 9.72 Å². The maximum absolute atomic E-state index is 6.13. The Bertz CT molecular complexity index is 743. The molecule has 0 aliphatic rings. The van der Waals surface area contributed by atoms with Crippen molar-refractivity contribution < 1.29 is 4.74 Å². The molecule has 0 radical (unpaired) electrons. The lowest BCUT2D eigenvalue weighted by molar-refractivity contribution is 0.220. The van der Waals surface area contributed by atoms with E-state index in [2.05, 4.69) is 15.0 Å². The highest BCUT2D eigenvalue weighted by Crippen LogP contribution is 2.33. The molecule has 0 amide bonds. The summed E-state index contributed by atoms with van der Waals surface area (Å²) in [6.07, 6.45) is 1.47. The fourth-order valence-electron chi connectivity index (χ4n) is 1.98. The largest absolute Gasteiger partial charge is 0.469 e. The zero-order valence-electron chi connectivity index (χ0n) is 10.6. The molecular formula is C14H11Cl2N3O. The topological polar surface area (TPSA) is 50.8 Å². The minimum Gasteiger partial charge on any atom is -0.469 e. The van der Waals surface area contributed by atoms with Gasteiger partial charge in [0.25, 0.3) is 0 Å². The van der Waals surface area contributed by atoms with Crippen LogP contribution in [0.3, 0.4) is 0 Å². The second-order valence-corrected chi connectivity index (χ2v) is 5.07. The third kappa shape index (κ3) is 2.44. The standard InChI is InChI=1S/C14H11Cl2N3O/c1-8(9-5-3-2-4-6-9)20-13-11-10(15)7-17-12(11)18-14(16)19-13/h2-8H,1H3,(H,17,18,19). The molecule has 2 heterocycles. The monoisotopic (exact) mass is 307 g/mol. The van der Waals surface area contributed by atoms with Crippen LogP contribution in [0.25, 0.3) is 11.0 Å².